The third kappa shape index (κ3) is 3.71. The average molecular weight is 263 g/mol. The lowest BCUT2D eigenvalue weighted by atomic mass is 10.1. The number of aliphatic carboxylic acids is 1. The van der Waals surface area contributed by atoms with Gasteiger partial charge in [0.05, 0.1) is 0 Å². The van der Waals surface area contributed by atoms with Gasteiger partial charge < -0.3 is 14.7 Å². The van der Waals surface area contributed by atoms with E-state index in [0.29, 0.717) is 13.1 Å². The molecule has 1 heterocycles. The molecule has 1 N–H and O–H groups in total. The van der Waals surface area contributed by atoms with Gasteiger partial charge in [-0.05, 0) is 18.4 Å². The van der Waals surface area contributed by atoms with Gasteiger partial charge in [0.1, 0.15) is 0 Å². The molecule has 0 radical (unpaired) electrons. The number of benzene rings is 1. The normalized spacial score (nSPS) is 16.1. The van der Waals surface area contributed by atoms with Crippen molar-refractivity contribution in [3.63, 3.8) is 0 Å². The summed E-state index contributed by atoms with van der Waals surface area (Å²) < 4.78 is 5.09. The Kier molecular flexibility index (Phi) is 4.39. The number of ether oxygens (including phenoxy) is 1. The van der Waals surface area contributed by atoms with Gasteiger partial charge in [-0.2, -0.15) is 0 Å². The third-order valence-corrected chi connectivity index (χ3v) is 3.15. The molecule has 0 saturated carbocycles. The van der Waals surface area contributed by atoms with E-state index >= 15 is 0 Å². The van der Waals surface area contributed by atoms with E-state index in [2.05, 4.69) is 0 Å². The number of likely N-dealkylation sites (tertiary alicyclic amines) is 1. The maximum Gasteiger partial charge on any atom is 0.410 e. The molecule has 1 aromatic rings. The number of nitrogens with zero attached hydrogens (tertiary/aromatic N) is 1. The Balaban J connectivity index is 1.96. The number of carboxylic acid groups (broad SMARTS) is 1. The molecular weight excluding hydrogens is 246 g/mol. The van der Waals surface area contributed by atoms with Gasteiger partial charge >= 0.3 is 12.1 Å². The fraction of sp³-hybridized carbons (Fsp3) is 0.429. The standard InChI is InChI=1S/C14H17NO4/c16-13(17)12(10-11-6-2-1-3-7-11)19-14(18)15-8-4-5-9-15/h1-3,6-7,12H,4-5,8-10H2,(H,16,17). The minimum absolute atomic E-state index is 0.190. The largest absolute Gasteiger partial charge is 0.478 e. The second-order valence-electron chi connectivity index (χ2n) is 4.59. The maximum absolute atomic E-state index is 11.8. The lowest BCUT2D eigenvalue weighted by Crippen LogP contribution is -2.36. The van der Waals surface area contributed by atoms with Crippen molar-refractivity contribution < 1.29 is 19.4 Å². The molecule has 1 aliphatic rings. The molecular formula is C14H17NO4. The van der Waals surface area contributed by atoms with Crippen LogP contribution >= 0.6 is 0 Å². The third-order valence-electron chi connectivity index (χ3n) is 3.15. The van der Waals surface area contributed by atoms with Crippen LogP contribution in [0, 0.1) is 0 Å². The Morgan fingerprint density at radius 3 is 2.42 bits per heavy atom. The quantitative estimate of drug-likeness (QED) is 0.901. The first-order valence-electron chi connectivity index (χ1n) is 6.39. The van der Waals surface area contributed by atoms with E-state index in [1.807, 2.05) is 30.3 Å². The lowest BCUT2D eigenvalue weighted by molar-refractivity contribution is -0.147. The van der Waals surface area contributed by atoms with Gasteiger partial charge in [0, 0.05) is 19.5 Å². The van der Waals surface area contributed by atoms with Gasteiger partial charge in [-0.25, -0.2) is 9.59 Å². The molecule has 2 rings (SSSR count). The van der Waals surface area contributed by atoms with Crippen molar-refractivity contribution in [1.29, 1.82) is 0 Å². The van der Waals surface area contributed by atoms with E-state index in [0.717, 1.165) is 18.4 Å². The number of carboxylic acids is 1. The molecule has 5 nitrogen and oxygen atoms in total. The summed E-state index contributed by atoms with van der Waals surface area (Å²) in [5.41, 5.74) is 0.837. The number of hydrogen-bond donors (Lipinski definition) is 1. The number of amides is 1. The molecule has 1 unspecified atom stereocenters. The van der Waals surface area contributed by atoms with Crippen LogP contribution in [0.1, 0.15) is 18.4 Å². The second-order valence-corrected chi connectivity index (χ2v) is 4.59. The fourth-order valence-corrected chi connectivity index (χ4v) is 2.10. The molecule has 0 bridgehead atoms. The van der Waals surface area contributed by atoms with E-state index in [4.69, 9.17) is 9.84 Å². The van der Waals surface area contributed by atoms with Crippen LogP contribution in [0.3, 0.4) is 0 Å². The lowest BCUT2D eigenvalue weighted by Gasteiger charge is -2.19. The van der Waals surface area contributed by atoms with Crippen molar-refractivity contribution in [2.75, 3.05) is 13.1 Å². The van der Waals surface area contributed by atoms with Gasteiger partial charge in [-0.1, -0.05) is 30.3 Å². The smallest absolute Gasteiger partial charge is 0.410 e. The van der Waals surface area contributed by atoms with Crippen molar-refractivity contribution in [3.8, 4) is 0 Å². The van der Waals surface area contributed by atoms with E-state index in [1.165, 1.54) is 0 Å². The first kappa shape index (κ1) is 13.4. The summed E-state index contributed by atoms with van der Waals surface area (Å²) in [6.07, 6.45) is 0.434. The molecule has 5 heteroatoms. The van der Waals surface area contributed by atoms with Crippen LogP contribution in [0.15, 0.2) is 30.3 Å². The second kappa shape index (κ2) is 6.22. The summed E-state index contributed by atoms with van der Waals surface area (Å²) in [5.74, 6) is -1.11. The summed E-state index contributed by atoms with van der Waals surface area (Å²) in [7, 11) is 0. The molecule has 0 aliphatic carbocycles. The van der Waals surface area contributed by atoms with Gasteiger partial charge in [-0.15, -0.1) is 0 Å². The summed E-state index contributed by atoms with van der Waals surface area (Å²) >= 11 is 0. The van der Waals surface area contributed by atoms with Crippen LogP contribution in [-0.2, 0) is 16.0 Å². The molecule has 1 aromatic carbocycles. The zero-order valence-corrected chi connectivity index (χ0v) is 10.6. The Morgan fingerprint density at radius 2 is 1.84 bits per heavy atom. The first-order valence-corrected chi connectivity index (χ1v) is 6.39. The van der Waals surface area contributed by atoms with Gasteiger partial charge in [0.15, 0.2) is 0 Å². The fourth-order valence-electron chi connectivity index (χ4n) is 2.10. The van der Waals surface area contributed by atoms with Crippen molar-refractivity contribution in [2.45, 2.75) is 25.4 Å². The zero-order chi connectivity index (χ0) is 13.7. The maximum atomic E-state index is 11.8. The van der Waals surface area contributed by atoms with Crippen molar-refractivity contribution in [1.82, 2.24) is 4.90 Å². The topological polar surface area (TPSA) is 66.8 Å². The SMILES string of the molecule is O=C(O)C(Cc1ccccc1)OC(=O)N1CCCC1. The highest BCUT2D eigenvalue weighted by atomic mass is 16.6. The summed E-state index contributed by atoms with van der Waals surface area (Å²) in [5, 5.41) is 9.13. The van der Waals surface area contributed by atoms with Gasteiger partial charge in [0.2, 0.25) is 6.10 Å². The summed E-state index contributed by atoms with van der Waals surface area (Å²) in [6, 6.07) is 9.15. The Hall–Kier alpha value is -2.04. The van der Waals surface area contributed by atoms with E-state index in [9.17, 15) is 9.59 Å². The molecule has 1 amide bonds. The molecule has 1 aliphatic heterocycles. The monoisotopic (exact) mass is 263 g/mol. The summed E-state index contributed by atoms with van der Waals surface area (Å²) in [4.78, 5) is 24.5. The highest BCUT2D eigenvalue weighted by Crippen LogP contribution is 2.12. The van der Waals surface area contributed by atoms with Gasteiger partial charge in [-0.3, -0.25) is 0 Å². The zero-order valence-electron chi connectivity index (χ0n) is 10.6. The molecule has 1 fully saturated rings. The van der Waals surface area contributed by atoms with Crippen molar-refractivity contribution in [2.24, 2.45) is 0 Å². The molecule has 19 heavy (non-hydrogen) atoms. The number of carbonyl (C=O) groups is 2. The molecule has 1 saturated heterocycles. The van der Waals surface area contributed by atoms with Crippen LogP contribution in [0.5, 0.6) is 0 Å². The first-order chi connectivity index (χ1) is 9.16. The minimum atomic E-state index is -1.13. The molecule has 1 atom stereocenters. The van der Waals surface area contributed by atoms with Crippen LogP contribution in [-0.4, -0.2) is 41.3 Å². The minimum Gasteiger partial charge on any atom is -0.478 e. The number of rotatable bonds is 4. The molecule has 102 valence electrons. The predicted octanol–water partition coefficient (Wildman–Crippen LogP) is 1.91. The molecule has 0 spiro atoms. The molecule has 0 aromatic heterocycles. The highest BCUT2D eigenvalue weighted by Gasteiger charge is 2.27. The van der Waals surface area contributed by atoms with Crippen molar-refractivity contribution >= 4 is 12.1 Å². The van der Waals surface area contributed by atoms with Crippen LogP contribution in [0.25, 0.3) is 0 Å². The van der Waals surface area contributed by atoms with Crippen molar-refractivity contribution in [3.05, 3.63) is 35.9 Å². The highest BCUT2D eigenvalue weighted by molar-refractivity contribution is 5.77. The Morgan fingerprint density at radius 1 is 1.21 bits per heavy atom. The van der Waals surface area contributed by atoms with Gasteiger partial charge in [0.25, 0.3) is 0 Å². The van der Waals surface area contributed by atoms with Crippen LogP contribution in [0.2, 0.25) is 0 Å². The summed E-state index contributed by atoms with van der Waals surface area (Å²) in [6.45, 7) is 1.30. The Labute approximate surface area is 111 Å². The van der Waals surface area contributed by atoms with Crippen LogP contribution in [0.4, 0.5) is 4.79 Å². The van der Waals surface area contributed by atoms with E-state index < -0.39 is 18.2 Å². The number of carbonyl (C=O) groups excluding carboxylic acids is 1. The predicted molar refractivity (Wildman–Crippen MR) is 68.9 cm³/mol. The Bertz CT molecular complexity index is 440. The van der Waals surface area contributed by atoms with E-state index in [1.54, 1.807) is 4.90 Å². The van der Waals surface area contributed by atoms with Crippen LogP contribution < -0.4 is 0 Å². The number of hydrogen-bond acceptors (Lipinski definition) is 3. The average Bonchev–Trinajstić information content (AvgIpc) is 2.93. The van der Waals surface area contributed by atoms with E-state index in [-0.39, 0.29) is 6.42 Å².